The second kappa shape index (κ2) is 4.89. The molecule has 4 heteroatoms. The zero-order chi connectivity index (χ0) is 11.4. The summed E-state index contributed by atoms with van der Waals surface area (Å²) in [6, 6.07) is 5.27. The first-order valence-electron chi connectivity index (χ1n) is 4.87. The third-order valence-electron chi connectivity index (χ3n) is 2.08. The first-order valence-corrected chi connectivity index (χ1v) is 4.87. The SMILES string of the molecule is Cc1cccc(COC(C)C)c1[N+](=O)[O-]. The average molecular weight is 209 g/mol. The Morgan fingerprint density at radius 1 is 1.47 bits per heavy atom. The smallest absolute Gasteiger partial charge is 0.277 e. The summed E-state index contributed by atoms with van der Waals surface area (Å²) in [7, 11) is 0. The normalized spacial score (nSPS) is 10.7. The van der Waals surface area contributed by atoms with Gasteiger partial charge in [-0.2, -0.15) is 0 Å². The molecule has 82 valence electrons. The van der Waals surface area contributed by atoms with E-state index in [9.17, 15) is 10.1 Å². The summed E-state index contributed by atoms with van der Waals surface area (Å²) in [4.78, 5) is 10.5. The molecule has 0 fully saturated rings. The van der Waals surface area contributed by atoms with Gasteiger partial charge in [0.1, 0.15) is 0 Å². The highest BCUT2D eigenvalue weighted by atomic mass is 16.6. The van der Waals surface area contributed by atoms with E-state index in [1.54, 1.807) is 25.1 Å². The highest BCUT2D eigenvalue weighted by Crippen LogP contribution is 2.23. The van der Waals surface area contributed by atoms with Crippen molar-refractivity contribution in [3.05, 3.63) is 39.4 Å². The number of benzene rings is 1. The van der Waals surface area contributed by atoms with E-state index in [1.165, 1.54) is 0 Å². The first-order chi connectivity index (χ1) is 7.02. The van der Waals surface area contributed by atoms with Crippen molar-refractivity contribution in [1.82, 2.24) is 0 Å². The Hall–Kier alpha value is -1.42. The number of rotatable bonds is 4. The molecule has 0 unspecified atom stereocenters. The van der Waals surface area contributed by atoms with E-state index in [0.29, 0.717) is 11.1 Å². The van der Waals surface area contributed by atoms with Crippen LogP contribution in [0, 0.1) is 17.0 Å². The van der Waals surface area contributed by atoms with Crippen molar-refractivity contribution in [2.45, 2.75) is 33.5 Å². The van der Waals surface area contributed by atoms with Crippen LogP contribution in [0.3, 0.4) is 0 Å². The number of hydrogen-bond donors (Lipinski definition) is 0. The average Bonchev–Trinajstić information content (AvgIpc) is 2.13. The van der Waals surface area contributed by atoms with Crippen LogP contribution < -0.4 is 0 Å². The van der Waals surface area contributed by atoms with Gasteiger partial charge in [0.05, 0.1) is 23.2 Å². The molecule has 0 heterocycles. The van der Waals surface area contributed by atoms with E-state index in [0.717, 1.165) is 0 Å². The van der Waals surface area contributed by atoms with Crippen molar-refractivity contribution in [2.75, 3.05) is 0 Å². The predicted octanol–water partition coefficient (Wildman–Crippen LogP) is 2.83. The number of nitrogens with zero attached hydrogens (tertiary/aromatic N) is 1. The lowest BCUT2D eigenvalue weighted by Crippen LogP contribution is -2.05. The molecular weight excluding hydrogens is 194 g/mol. The van der Waals surface area contributed by atoms with Crippen LogP contribution in [0.4, 0.5) is 5.69 Å². The summed E-state index contributed by atoms with van der Waals surface area (Å²) < 4.78 is 5.37. The van der Waals surface area contributed by atoms with Crippen LogP contribution >= 0.6 is 0 Å². The van der Waals surface area contributed by atoms with E-state index < -0.39 is 0 Å². The van der Waals surface area contributed by atoms with E-state index in [1.807, 2.05) is 13.8 Å². The van der Waals surface area contributed by atoms with Gasteiger partial charge in [0.2, 0.25) is 0 Å². The van der Waals surface area contributed by atoms with Crippen molar-refractivity contribution < 1.29 is 9.66 Å². The standard InChI is InChI=1S/C11H15NO3/c1-8(2)15-7-10-6-4-5-9(3)11(10)12(13)14/h4-6,8H,7H2,1-3H3. The van der Waals surface area contributed by atoms with Crippen molar-refractivity contribution >= 4 is 5.69 Å². The van der Waals surface area contributed by atoms with E-state index >= 15 is 0 Å². The number of ether oxygens (including phenoxy) is 1. The molecule has 0 aromatic heterocycles. The van der Waals surface area contributed by atoms with Crippen LogP contribution in [0.5, 0.6) is 0 Å². The molecule has 1 aromatic carbocycles. The fourth-order valence-electron chi connectivity index (χ4n) is 1.35. The lowest BCUT2D eigenvalue weighted by Gasteiger charge is -2.08. The molecule has 15 heavy (non-hydrogen) atoms. The van der Waals surface area contributed by atoms with Gasteiger partial charge in [-0.05, 0) is 26.8 Å². The Labute approximate surface area is 89.0 Å². The van der Waals surface area contributed by atoms with Gasteiger partial charge in [-0.1, -0.05) is 12.1 Å². The van der Waals surface area contributed by atoms with Crippen LogP contribution in [0.25, 0.3) is 0 Å². The molecular formula is C11H15NO3. The van der Waals surface area contributed by atoms with Gasteiger partial charge >= 0.3 is 0 Å². The quantitative estimate of drug-likeness (QED) is 0.566. The molecule has 0 aliphatic heterocycles. The molecule has 0 aliphatic rings. The van der Waals surface area contributed by atoms with Gasteiger partial charge in [-0.25, -0.2) is 0 Å². The van der Waals surface area contributed by atoms with Crippen molar-refractivity contribution in [3.8, 4) is 0 Å². The molecule has 0 atom stereocenters. The summed E-state index contributed by atoms with van der Waals surface area (Å²) in [5.74, 6) is 0. The Kier molecular flexibility index (Phi) is 3.80. The fraction of sp³-hybridized carbons (Fsp3) is 0.455. The molecule has 0 saturated carbocycles. The fourth-order valence-corrected chi connectivity index (χ4v) is 1.35. The molecule has 0 aliphatic carbocycles. The molecule has 0 amide bonds. The van der Waals surface area contributed by atoms with E-state index in [-0.39, 0.29) is 23.3 Å². The maximum absolute atomic E-state index is 10.8. The zero-order valence-corrected chi connectivity index (χ0v) is 9.19. The highest BCUT2D eigenvalue weighted by molar-refractivity contribution is 5.46. The monoisotopic (exact) mass is 209 g/mol. The topological polar surface area (TPSA) is 52.4 Å². The van der Waals surface area contributed by atoms with E-state index in [2.05, 4.69) is 0 Å². The van der Waals surface area contributed by atoms with E-state index in [4.69, 9.17) is 4.74 Å². The molecule has 1 aromatic rings. The Morgan fingerprint density at radius 3 is 2.67 bits per heavy atom. The van der Waals surface area contributed by atoms with Crippen LogP contribution in [0.1, 0.15) is 25.0 Å². The molecule has 1 rings (SSSR count). The zero-order valence-electron chi connectivity index (χ0n) is 9.19. The highest BCUT2D eigenvalue weighted by Gasteiger charge is 2.16. The lowest BCUT2D eigenvalue weighted by atomic mass is 10.1. The minimum Gasteiger partial charge on any atom is -0.374 e. The number of para-hydroxylation sites is 1. The minimum absolute atomic E-state index is 0.0742. The summed E-state index contributed by atoms with van der Waals surface area (Å²) in [6.07, 6.45) is 0.0742. The molecule has 4 nitrogen and oxygen atoms in total. The number of hydrogen-bond acceptors (Lipinski definition) is 3. The maximum atomic E-state index is 10.8. The third kappa shape index (κ3) is 3.02. The van der Waals surface area contributed by atoms with Crippen molar-refractivity contribution in [3.63, 3.8) is 0 Å². The summed E-state index contributed by atoms with van der Waals surface area (Å²) >= 11 is 0. The summed E-state index contributed by atoms with van der Waals surface area (Å²) in [5.41, 5.74) is 1.47. The van der Waals surface area contributed by atoms with Gasteiger partial charge in [-0.15, -0.1) is 0 Å². The Morgan fingerprint density at radius 2 is 2.13 bits per heavy atom. The Balaban J connectivity index is 2.96. The van der Waals surface area contributed by atoms with Gasteiger partial charge in [-0.3, -0.25) is 10.1 Å². The van der Waals surface area contributed by atoms with Crippen LogP contribution in [0.2, 0.25) is 0 Å². The maximum Gasteiger partial charge on any atom is 0.277 e. The van der Waals surface area contributed by atoms with Crippen LogP contribution in [0.15, 0.2) is 18.2 Å². The van der Waals surface area contributed by atoms with Gasteiger partial charge in [0, 0.05) is 5.56 Å². The van der Waals surface area contributed by atoms with Crippen molar-refractivity contribution in [1.29, 1.82) is 0 Å². The molecule has 0 saturated heterocycles. The number of aryl methyl sites for hydroxylation is 1. The number of nitro benzene ring substituents is 1. The first kappa shape index (κ1) is 11.7. The minimum atomic E-state index is -0.353. The molecule has 0 N–H and O–H groups in total. The van der Waals surface area contributed by atoms with Crippen molar-refractivity contribution in [2.24, 2.45) is 0 Å². The largest absolute Gasteiger partial charge is 0.374 e. The second-order valence-electron chi connectivity index (χ2n) is 3.70. The summed E-state index contributed by atoms with van der Waals surface area (Å²) in [5, 5.41) is 10.8. The van der Waals surface area contributed by atoms with Crippen LogP contribution in [-0.2, 0) is 11.3 Å². The number of nitro groups is 1. The molecule has 0 bridgehead atoms. The Bertz CT molecular complexity index is 361. The lowest BCUT2D eigenvalue weighted by molar-refractivity contribution is -0.386. The third-order valence-corrected chi connectivity index (χ3v) is 2.08. The predicted molar refractivity (Wildman–Crippen MR) is 57.8 cm³/mol. The molecule has 0 spiro atoms. The second-order valence-corrected chi connectivity index (χ2v) is 3.70. The van der Waals surface area contributed by atoms with Gasteiger partial charge < -0.3 is 4.74 Å². The summed E-state index contributed by atoms with van der Waals surface area (Å²) in [6.45, 7) is 5.83. The van der Waals surface area contributed by atoms with Gasteiger partial charge in [0.25, 0.3) is 5.69 Å². The van der Waals surface area contributed by atoms with Crippen LogP contribution in [-0.4, -0.2) is 11.0 Å². The van der Waals surface area contributed by atoms with Gasteiger partial charge in [0.15, 0.2) is 0 Å². The molecule has 0 radical (unpaired) electrons.